The maximum atomic E-state index is 10.4. The van der Waals surface area contributed by atoms with E-state index in [4.69, 9.17) is 12.2 Å². The number of hydrogen-bond acceptors (Lipinski definition) is 2. The van der Waals surface area contributed by atoms with Crippen LogP contribution in [0, 0.1) is 11.8 Å². The largest absolute Gasteiger partial charge is 0.299 e. The second kappa shape index (κ2) is 4.66. The summed E-state index contributed by atoms with van der Waals surface area (Å²) in [6.07, 6.45) is 5.96. The molecular formula is C11H16OS. The van der Waals surface area contributed by atoms with Crippen molar-refractivity contribution in [3.05, 3.63) is 11.6 Å². The average molecular weight is 196 g/mol. The van der Waals surface area contributed by atoms with Gasteiger partial charge in [-0.3, -0.25) is 4.79 Å². The van der Waals surface area contributed by atoms with Crippen LogP contribution in [0.25, 0.3) is 0 Å². The van der Waals surface area contributed by atoms with Crippen LogP contribution in [0.5, 0.6) is 0 Å². The van der Waals surface area contributed by atoms with Crippen LogP contribution in [0.2, 0.25) is 0 Å². The lowest BCUT2D eigenvalue weighted by Crippen LogP contribution is -2.19. The van der Waals surface area contributed by atoms with Gasteiger partial charge in [0.2, 0.25) is 0 Å². The van der Waals surface area contributed by atoms with Crippen LogP contribution in [0.4, 0.5) is 0 Å². The number of carbonyl (C=O) groups excluding carboxylic acids is 1. The second-order valence-electron chi connectivity index (χ2n) is 3.87. The first-order chi connectivity index (χ1) is 6.15. The molecule has 0 aliphatic heterocycles. The molecule has 72 valence electrons. The number of thiocarbonyl (C=S) groups is 1. The van der Waals surface area contributed by atoms with Crippen LogP contribution in [-0.4, -0.2) is 11.2 Å². The van der Waals surface area contributed by atoms with Gasteiger partial charge in [-0.15, -0.1) is 0 Å². The van der Waals surface area contributed by atoms with Crippen molar-refractivity contribution in [2.24, 2.45) is 11.8 Å². The molecule has 1 rings (SSSR count). The molecule has 0 N–H and O–H groups in total. The predicted octanol–water partition coefficient (Wildman–Crippen LogP) is 2.94. The third-order valence-corrected chi connectivity index (χ3v) is 3.25. The quantitative estimate of drug-likeness (QED) is 0.384. The van der Waals surface area contributed by atoms with E-state index in [2.05, 4.69) is 6.92 Å². The topological polar surface area (TPSA) is 17.1 Å². The lowest BCUT2D eigenvalue weighted by atomic mass is 9.78. The summed E-state index contributed by atoms with van der Waals surface area (Å²) in [4.78, 5) is 11.5. The van der Waals surface area contributed by atoms with Gasteiger partial charge in [0.25, 0.3) is 0 Å². The fraction of sp³-hybridized carbons (Fsp3) is 0.636. The van der Waals surface area contributed by atoms with E-state index in [1.165, 1.54) is 18.4 Å². The first-order valence-corrected chi connectivity index (χ1v) is 5.20. The van der Waals surface area contributed by atoms with Crippen molar-refractivity contribution in [3.63, 3.8) is 0 Å². The fourth-order valence-electron chi connectivity index (χ4n) is 1.89. The van der Waals surface area contributed by atoms with Gasteiger partial charge in [0.15, 0.2) is 0 Å². The summed E-state index contributed by atoms with van der Waals surface area (Å²) < 4.78 is 0. The first-order valence-electron chi connectivity index (χ1n) is 4.79. The Bertz CT molecular complexity index is 242. The molecule has 0 saturated heterocycles. The molecule has 13 heavy (non-hydrogen) atoms. The van der Waals surface area contributed by atoms with Gasteiger partial charge in [-0.1, -0.05) is 24.7 Å². The summed E-state index contributed by atoms with van der Waals surface area (Å²) in [5.74, 6) is 1.09. The normalized spacial score (nSPS) is 31.7. The number of rotatable bonds is 2. The smallest absolute Gasteiger partial charge is 0.142 e. The molecule has 1 aliphatic rings. The first kappa shape index (κ1) is 10.6. The summed E-state index contributed by atoms with van der Waals surface area (Å²) >= 11 is 5.18. The molecule has 0 bridgehead atoms. The van der Waals surface area contributed by atoms with E-state index >= 15 is 0 Å². The minimum Gasteiger partial charge on any atom is -0.299 e. The third-order valence-electron chi connectivity index (χ3n) is 2.92. The zero-order valence-electron chi connectivity index (χ0n) is 8.25. The SMILES string of the molecule is CC(=S)[C@@H]1CC[C@@H](C)/C(=C/C=O)C1. The molecule has 0 aromatic carbocycles. The molecule has 0 amide bonds. The molecule has 0 unspecified atom stereocenters. The third kappa shape index (κ3) is 2.73. The zero-order chi connectivity index (χ0) is 9.84. The summed E-state index contributed by atoms with van der Waals surface area (Å²) in [7, 11) is 0. The van der Waals surface area contributed by atoms with Crippen molar-refractivity contribution in [1.29, 1.82) is 0 Å². The van der Waals surface area contributed by atoms with E-state index in [1.807, 2.05) is 6.92 Å². The van der Waals surface area contributed by atoms with Crippen LogP contribution in [0.1, 0.15) is 33.1 Å². The van der Waals surface area contributed by atoms with Crippen LogP contribution < -0.4 is 0 Å². The Labute approximate surface area is 85.2 Å². The highest BCUT2D eigenvalue weighted by molar-refractivity contribution is 7.80. The number of hydrogen-bond donors (Lipinski definition) is 0. The highest BCUT2D eigenvalue weighted by Gasteiger charge is 2.23. The molecule has 0 heterocycles. The highest BCUT2D eigenvalue weighted by Crippen LogP contribution is 2.33. The van der Waals surface area contributed by atoms with E-state index < -0.39 is 0 Å². The predicted molar refractivity (Wildman–Crippen MR) is 58.9 cm³/mol. The van der Waals surface area contributed by atoms with E-state index in [0.717, 1.165) is 17.6 Å². The Morgan fingerprint density at radius 1 is 1.54 bits per heavy atom. The minimum absolute atomic E-state index is 0.525. The maximum Gasteiger partial charge on any atom is 0.142 e. The van der Waals surface area contributed by atoms with Crippen molar-refractivity contribution in [1.82, 2.24) is 0 Å². The molecular weight excluding hydrogens is 180 g/mol. The monoisotopic (exact) mass is 196 g/mol. The average Bonchev–Trinajstić information content (AvgIpc) is 2.08. The molecule has 1 nitrogen and oxygen atoms in total. The van der Waals surface area contributed by atoms with E-state index in [-0.39, 0.29) is 0 Å². The van der Waals surface area contributed by atoms with Crippen molar-refractivity contribution in [2.45, 2.75) is 33.1 Å². The highest BCUT2D eigenvalue weighted by atomic mass is 32.1. The number of allylic oxidation sites excluding steroid dienone is 2. The lowest BCUT2D eigenvalue weighted by molar-refractivity contribution is -0.104. The summed E-state index contributed by atoms with van der Waals surface area (Å²) in [5, 5.41) is 0. The molecule has 0 radical (unpaired) electrons. The standard InChI is InChI=1S/C11H16OS/c1-8-3-4-11(9(2)13)7-10(8)5-6-12/h5-6,8,11H,3-4,7H2,1-2H3/b10-5+/t8-,11-/m1/s1. The van der Waals surface area contributed by atoms with Gasteiger partial charge in [-0.25, -0.2) is 0 Å². The lowest BCUT2D eigenvalue weighted by Gasteiger charge is -2.28. The van der Waals surface area contributed by atoms with Crippen molar-refractivity contribution < 1.29 is 4.79 Å². The molecule has 1 aliphatic carbocycles. The Kier molecular flexibility index (Phi) is 3.79. The Morgan fingerprint density at radius 3 is 2.77 bits per heavy atom. The van der Waals surface area contributed by atoms with Crippen LogP contribution in [0.15, 0.2) is 11.6 Å². The molecule has 0 aromatic heterocycles. The number of carbonyl (C=O) groups is 1. The van der Waals surface area contributed by atoms with E-state index in [0.29, 0.717) is 11.8 Å². The molecule has 1 fully saturated rings. The Balaban J connectivity index is 2.68. The van der Waals surface area contributed by atoms with Gasteiger partial charge in [0.1, 0.15) is 6.29 Å². The molecule has 0 aromatic rings. The summed E-state index contributed by atoms with van der Waals surface area (Å²) in [5.41, 5.74) is 1.27. The van der Waals surface area contributed by atoms with Gasteiger partial charge >= 0.3 is 0 Å². The molecule has 2 heteroatoms. The van der Waals surface area contributed by atoms with Gasteiger partial charge in [-0.2, -0.15) is 0 Å². The minimum atomic E-state index is 0.525. The van der Waals surface area contributed by atoms with Crippen molar-refractivity contribution in [3.8, 4) is 0 Å². The van der Waals surface area contributed by atoms with Crippen molar-refractivity contribution >= 4 is 23.4 Å². The fourth-order valence-corrected chi connectivity index (χ4v) is 2.09. The molecule has 0 spiro atoms. The summed E-state index contributed by atoms with van der Waals surface area (Å²) in [6.45, 7) is 4.19. The molecule has 2 atom stereocenters. The van der Waals surface area contributed by atoms with Crippen LogP contribution in [-0.2, 0) is 4.79 Å². The zero-order valence-corrected chi connectivity index (χ0v) is 9.06. The Morgan fingerprint density at radius 2 is 2.23 bits per heavy atom. The maximum absolute atomic E-state index is 10.4. The summed E-state index contributed by atoms with van der Waals surface area (Å²) in [6, 6.07) is 0. The van der Waals surface area contributed by atoms with Gasteiger partial charge < -0.3 is 0 Å². The van der Waals surface area contributed by atoms with Crippen molar-refractivity contribution in [2.75, 3.05) is 0 Å². The van der Waals surface area contributed by atoms with E-state index in [1.54, 1.807) is 6.08 Å². The van der Waals surface area contributed by atoms with Gasteiger partial charge in [0, 0.05) is 0 Å². The second-order valence-corrected chi connectivity index (χ2v) is 4.51. The Hall–Kier alpha value is -0.500. The van der Waals surface area contributed by atoms with Crippen LogP contribution >= 0.6 is 12.2 Å². The van der Waals surface area contributed by atoms with Gasteiger partial charge in [-0.05, 0) is 49.0 Å². The van der Waals surface area contributed by atoms with E-state index in [9.17, 15) is 4.79 Å². The van der Waals surface area contributed by atoms with Crippen LogP contribution in [0.3, 0.4) is 0 Å². The number of aldehydes is 1. The van der Waals surface area contributed by atoms with Gasteiger partial charge in [0.05, 0.1) is 0 Å². The molecule has 1 saturated carbocycles.